The molecule has 2 aromatic rings. The number of fused-ring (bicyclic) bond motifs is 2. The number of benzene rings is 2. The van der Waals surface area contributed by atoms with E-state index in [-0.39, 0.29) is 0 Å². The number of hydrogen-bond acceptors (Lipinski definition) is 6. The van der Waals surface area contributed by atoms with Gasteiger partial charge in [-0.3, -0.25) is 0 Å². The lowest BCUT2D eigenvalue weighted by atomic mass is 9.88. The van der Waals surface area contributed by atoms with Crippen LogP contribution in [0, 0.1) is 0 Å². The summed E-state index contributed by atoms with van der Waals surface area (Å²) < 4.78 is 10.8. The lowest BCUT2D eigenvalue weighted by molar-refractivity contribution is 0.209. The highest BCUT2D eigenvalue weighted by atomic mass is 16.6. The van der Waals surface area contributed by atoms with Crippen LogP contribution in [0.15, 0.2) is 24.3 Å². The van der Waals surface area contributed by atoms with Crippen LogP contribution in [0.25, 0.3) is 11.1 Å². The molecular formula is C22H26N4O4. The van der Waals surface area contributed by atoms with Crippen LogP contribution >= 0.6 is 0 Å². The van der Waals surface area contributed by atoms with E-state index in [0.29, 0.717) is 22.6 Å². The Hall–Kier alpha value is -3.42. The molecular weight excluding hydrogens is 384 g/mol. The van der Waals surface area contributed by atoms with Crippen molar-refractivity contribution in [2.24, 2.45) is 11.5 Å². The average Bonchev–Trinajstić information content (AvgIpc) is 2.68. The molecule has 4 rings (SSSR count). The third-order valence-corrected chi connectivity index (χ3v) is 5.76. The van der Waals surface area contributed by atoms with E-state index in [1.165, 1.54) is 0 Å². The van der Waals surface area contributed by atoms with Gasteiger partial charge in [0.15, 0.2) is 0 Å². The van der Waals surface area contributed by atoms with E-state index in [1.807, 2.05) is 26.2 Å². The molecule has 2 aliphatic rings. The first-order valence-electron chi connectivity index (χ1n) is 10.1. The summed E-state index contributed by atoms with van der Waals surface area (Å²) in [6, 6.07) is 7.43. The molecule has 0 saturated carbocycles. The molecule has 0 saturated heterocycles. The zero-order chi connectivity index (χ0) is 21.4. The quantitative estimate of drug-likeness (QED) is 0.805. The average molecular weight is 410 g/mol. The van der Waals surface area contributed by atoms with Crippen LogP contribution < -0.4 is 30.7 Å². The van der Waals surface area contributed by atoms with Crippen molar-refractivity contribution in [1.82, 2.24) is 0 Å². The van der Waals surface area contributed by atoms with E-state index in [1.54, 1.807) is 12.1 Å². The Labute approximate surface area is 175 Å². The topological polar surface area (TPSA) is 111 Å². The van der Waals surface area contributed by atoms with Crippen LogP contribution in [-0.2, 0) is 12.8 Å². The van der Waals surface area contributed by atoms with E-state index in [9.17, 15) is 9.59 Å². The number of ether oxygens (including phenoxy) is 2. The highest BCUT2D eigenvalue weighted by molar-refractivity contribution is 5.98. The fourth-order valence-corrected chi connectivity index (χ4v) is 4.61. The molecule has 8 nitrogen and oxygen atoms in total. The SMILES string of the molecule is CN1CCCc2ccc(OC(N)=O)c(-c3c(OC(N)=O)ccc4c3N(C)CCC4)c21. The van der Waals surface area contributed by atoms with Gasteiger partial charge in [0.1, 0.15) is 11.5 Å². The number of rotatable bonds is 3. The Morgan fingerprint density at radius 3 is 1.53 bits per heavy atom. The largest absolute Gasteiger partial charge is 0.410 e. The minimum Gasteiger partial charge on any atom is -0.410 e. The Kier molecular flexibility index (Phi) is 5.15. The molecule has 2 aliphatic heterocycles. The van der Waals surface area contributed by atoms with Gasteiger partial charge in [-0.1, -0.05) is 12.1 Å². The number of carbonyl (C=O) groups is 2. The van der Waals surface area contributed by atoms with Gasteiger partial charge < -0.3 is 30.7 Å². The minimum atomic E-state index is -0.898. The fraction of sp³-hybridized carbons (Fsp3) is 0.364. The number of anilines is 2. The number of hydrogen-bond donors (Lipinski definition) is 2. The molecule has 2 aromatic carbocycles. The third kappa shape index (κ3) is 3.49. The molecule has 30 heavy (non-hydrogen) atoms. The Bertz CT molecular complexity index is 939. The lowest BCUT2D eigenvalue weighted by Gasteiger charge is -2.35. The van der Waals surface area contributed by atoms with Crippen molar-refractivity contribution < 1.29 is 19.1 Å². The second-order valence-electron chi connectivity index (χ2n) is 7.79. The van der Waals surface area contributed by atoms with Gasteiger partial charge in [0.25, 0.3) is 0 Å². The Balaban J connectivity index is 2.08. The van der Waals surface area contributed by atoms with Crippen molar-refractivity contribution >= 4 is 23.6 Å². The predicted octanol–water partition coefficient (Wildman–Crippen LogP) is 3.03. The summed E-state index contributed by atoms with van der Waals surface area (Å²) in [6.07, 6.45) is 2.06. The zero-order valence-electron chi connectivity index (χ0n) is 17.2. The van der Waals surface area contributed by atoms with Gasteiger partial charge in [-0.2, -0.15) is 0 Å². The minimum absolute atomic E-state index is 0.330. The van der Waals surface area contributed by atoms with E-state index >= 15 is 0 Å². The van der Waals surface area contributed by atoms with Gasteiger partial charge in [0.05, 0.1) is 22.5 Å². The molecule has 2 heterocycles. The van der Waals surface area contributed by atoms with Gasteiger partial charge in [0, 0.05) is 27.2 Å². The lowest BCUT2D eigenvalue weighted by Crippen LogP contribution is -2.28. The first kappa shape index (κ1) is 19.9. The molecule has 0 radical (unpaired) electrons. The second kappa shape index (κ2) is 7.78. The van der Waals surface area contributed by atoms with Gasteiger partial charge in [0.2, 0.25) is 0 Å². The molecule has 0 aliphatic carbocycles. The highest BCUT2D eigenvalue weighted by Gasteiger charge is 2.30. The Morgan fingerprint density at radius 2 is 1.17 bits per heavy atom. The molecule has 0 bridgehead atoms. The van der Waals surface area contributed by atoms with Crippen LogP contribution in [0.3, 0.4) is 0 Å². The molecule has 158 valence electrons. The summed E-state index contributed by atoms with van der Waals surface area (Å²) in [5, 5.41) is 0. The van der Waals surface area contributed by atoms with Crippen LogP contribution in [0.1, 0.15) is 24.0 Å². The van der Waals surface area contributed by atoms with E-state index in [2.05, 4.69) is 9.80 Å². The monoisotopic (exact) mass is 410 g/mol. The van der Waals surface area contributed by atoms with Gasteiger partial charge >= 0.3 is 12.2 Å². The number of amides is 2. The summed E-state index contributed by atoms with van der Waals surface area (Å²) in [4.78, 5) is 27.7. The predicted molar refractivity (Wildman–Crippen MR) is 115 cm³/mol. The zero-order valence-corrected chi connectivity index (χ0v) is 17.2. The van der Waals surface area contributed by atoms with Crippen molar-refractivity contribution in [2.75, 3.05) is 37.0 Å². The van der Waals surface area contributed by atoms with Crippen LogP contribution in [-0.4, -0.2) is 39.4 Å². The number of nitrogens with zero attached hydrogens (tertiary/aromatic N) is 2. The number of carbonyl (C=O) groups excluding carboxylic acids is 2. The van der Waals surface area contributed by atoms with E-state index in [4.69, 9.17) is 20.9 Å². The molecule has 4 N–H and O–H groups in total. The van der Waals surface area contributed by atoms with E-state index < -0.39 is 12.2 Å². The summed E-state index contributed by atoms with van der Waals surface area (Å²) in [6.45, 7) is 1.72. The third-order valence-electron chi connectivity index (χ3n) is 5.76. The maximum Gasteiger partial charge on any atom is 0.409 e. The second-order valence-corrected chi connectivity index (χ2v) is 7.79. The summed E-state index contributed by atoms with van der Waals surface area (Å²) >= 11 is 0. The van der Waals surface area contributed by atoms with E-state index in [0.717, 1.165) is 61.3 Å². The first-order chi connectivity index (χ1) is 14.4. The number of primary amides is 2. The molecule has 2 amide bonds. The standard InChI is InChI=1S/C22H26N4O4/c1-25-11-3-5-13-7-9-15(29-21(23)27)17(19(13)25)18-16(30-22(24)28)10-8-14-6-4-12-26(2)20(14)18/h7-10H,3-6,11-12H2,1-2H3,(H2,23,27)(H2,24,28). The van der Waals surface area contributed by atoms with Crippen molar-refractivity contribution in [1.29, 1.82) is 0 Å². The highest BCUT2D eigenvalue weighted by Crippen LogP contribution is 2.51. The van der Waals surface area contributed by atoms with Crippen molar-refractivity contribution in [3.63, 3.8) is 0 Å². The normalized spacial score (nSPS) is 15.3. The van der Waals surface area contributed by atoms with Crippen LogP contribution in [0.4, 0.5) is 21.0 Å². The van der Waals surface area contributed by atoms with Crippen molar-refractivity contribution in [3.8, 4) is 22.6 Å². The van der Waals surface area contributed by atoms with Crippen LogP contribution in [0.5, 0.6) is 11.5 Å². The molecule has 0 unspecified atom stereocenters. The smallest absolute Gasteiger partial charge is 0.409 e. The fourth-order valence-electron chi connectivity index (χ4n) is 4.61. The van der Waals surface area contributed by atoms with Crippen molar-refractivity contribution in [2.45, 2.75) is 25.7 Å². The van der Waals surface area contributed by atoms with Gasteiger partial charge in [-0.05, 0) is 48.9 Å². The summed E-state index contributed by atoms with van der Waals surface area (Å²) in [5.41, 5.74) is 16.3. The molecule has 0 fully saturated rings. The maximum atomic E-state index is 11.7. The maximum absolute atomic E-state index is 11.7. The number of aryl methyl sites for hydroxylation is 2. The molecule has 0 spiro atoms. The van der Waals surface area contributed by atoms with Gasteiger partial charge in [-0.15, -0.1) is 0 Å². The summed E-state index contributed by atoms with van der Waals surface area (Å²) in [7, 11) is 4.01. The molecule has 0 atom stereocenters. The van der Waals surface area contributed by atoms with Crippen LogP contribution in [0.2, 0.25) is 0 Å². The Morgan fingerprint density at radius 1 is 0.767 bits per heavy atom. The molecule has 0 aromatic heterocycles. The first-order valence-corrected chi connectivity index (χ1v) is 10.1. The van der Waals surface area contributed by atoms with Crippen molar-refractivity contribution in [3.05, 3.63) is 35.4 Å². The summed E-state index contributed by atoms with van der Waals surface area (Å²) in [5.74, 6) is 0.661. The van der Waals surface area contributed by atoms with Gasteiger partial charge in [-0.25, -0.2) is 9.59 Å². The number of nitrogens with two attached hydrogens (primary N) is 2. The molecule has 8 heteroatoms.